The monoisotopic (exact) mass is 256 g/mol. The summed E-state index contributed by atoms with van der Waals surface area (Å²) in [6.45, 7) is 0. The molecule has 3 rings (SSSR count). The van der Waals surface area contributed by atoms with E-state index in [9.17, 15) is 0 Å². The average Bonchev–Trinajstić information content (AvgIpc) is 2.76. The third-order valence-electron chi connectivity index (χ3n) is 2.88. The number of rotatable bonds is 4. The maximum Gasteiger partial charge on any atom is 0.504 e. The Morgan fingerprint density at radius 2 is 1.26 bits per heavy atom. The van der Waals surface area contributed by atoms with Gasteiger partial charge in [-0.25, -0.2) is 0 Å². The number of fused-ring (bicyclic) bond motifs is 3. The third-order valence-corrected chi connectivity index (χ3v) is 2.88. The lowest BCUT2D eigenvalue weighted by Gasteiger charge is -2.00. The molecule has 94 valence electrons. The lowest BCUT2D eigenvalue weighted by Crippen LogP contribution is -1.99. The first-order chi connectivity index (χ1) is 9.31. The van der Waals surface area contributed by atoms with Gasteiger partial charge < -0.3 is 23.8 Å². The molecule has 0 aliphatic carbocycles. The summed E-state index contributed by atoms with van der Waals surface area (Å²) >= 11 is 0. The Morgan fingerprint density at radius 3 is 1.68 bits per heavy atom. The molecule has 5 nitrogen and oxygen atoms in total. The van der Waals surface area contributed by atoms with Crippen molar-refractivity contribution in [3.8, 4) is 11.5 Å². The summed E-state index contributed by atoms with van der Waals surface area (Å²) in [6, 6.07) is 10.7. The molecule has 0 amide bonds. The molecule has 3 aromatic rings. The molecule has 0 aliphatic heterocycles. The fourth-order valence-electron chi connectivity index (χ4n) is 2.07. The highest BCUT2D eigenvalue weighted by Gasteiger charge is 2.09. The van der Waals surface area contributed by atoms with Gasteiger partial charge in [0.15, 0.2) is 0 Å². The van der Waals surface area contributed by atoms with Gasteiger partial charge in [-0.2, -0.15) is 0 Å². The van der Waals surface area contributed by atoms with Crippen molar-refractivity contribution in [3.63, 3.8) is 0 Å². The molecular weight excluding hydrogens is 246 g/mol. The van der Waals surface area contributed by atoms with Gasteiger partial charge in [-0.3, -0.25) is 0 Å². The second kappa shape index (κ2) is 4.87. The molecule has 0 aliphatic rings. The van der Waals surface area contributed by atoms with E-state index in [-0.39, 0.29) is 15.4 Å². The van der Waals surface area contributed by atoms with Crippen LogP contribution < -0.4 is 9.31 Å². The van der Waals surface area contributed by atoms with Crippen LogP contribution in [0, 0.1) is 0 Å². The van der Waals surface area contributed by atoms with Crippen LogP contribution >= 0.6 is 0 Å². The van der Waals surface area contributed by atoms with Gasteiger partial charge in [-0.05, 0) is 24.3 Å². The lowest BCUT2D eigenvalue weighted by molar-refractivity contribution is 0.453. The van der Waals surface area contributed by atoms with Crippen LogP contribution in [0.4, 0.5) is 0 Å². The molecule has 0 atom stereocenters. The molecule has 2 N–H and O–H groups in total. The first-order valence-electron chi connectivity index (χ1n) is 5.75. The molecule has 0 unspecified atom stereocenters. The number of hydrogen-bond acceptors (Lipinski definition) is 5. The summed E-state index contributed by atoms with van der Waals surface area (Å²) in [5.41, 5.74) is 1.34. The Labute approximate surface area is 110 Å². The summed E-state index contributed by atoms with van der Waals surface area (Å²) in [6.07, 6.45) is 0. The third kappa shape index (κ3) is 2.14. The minimum Gasteiger partial charge on any atom is -0.539 e. The van der Waals surface area contributed by atoms with Gasteiger partial charge >= 0.3 is 15.4 Å². The molecule has 2 aromatic carbocycles. The second-order valence-electron chi connectivity index (χ2n) is 3.96. The molecule has 0 saturated heterocycles. The standard InChI is InChI=1S/C12H10B2O5/c15-13-18-7-1-3-9-10-4-2-8(19-14-16)6-12(10)17-11(9)5-7/h1-6,13-16H. The van der Waals surface area contributed by atoms with Crippen molar-refractivity contribution in [1.82, 2.24) is 0 Å². The highest BCUT2D eigenvalue weighted by Crippen LogP contribution is 2.33. The molecular formula is C12H10B2O5. The van der Waals surface area contributed by atoms with Crippen LogP contribution in [0.15, 0.2) is 40.8 Å². The van der Waals surface area contributed by atoms with Crippen molar-refractivity contribution in [2.75, 3.05) is 0 Å². The van der Waals surface area contributed by atoms with Crippen LogP contribution in [0.3, 0.4) is 0 Å². The predicted octanol–water partition coefficient (Wildman–Crippen LogP) is 0.861. The molecule has 7 heteroatoms. The minimum atomic E-state index is -0.375. The van der Waals surface area contributed by atoms with E-state index in [4.69, 9.17) is 23.8 Å². The fraction of sp³-hybridized carbons (Fsp3) is 0. The summed E-state index contributed by atoms with van der Waals surface area (Å²) in [4.78, 5) is 0. The van der Waals surface area contributed by atoms with Crippen molar-refractivity contribution in [3.05, 3.63) is 36.4 Å². The fourth-order valence-corrected chi connectivity index (χ4v) is 2.07. The highest BCUT2D eigenvalue weighted by atomic mass is 16.5. The maximum absolute atomic E-state index is 8.73. The van der Waals surface area contributed by atoms with E-state index in [0.29, 0.717) is 22.7 Å². The zero-order chi connectivity index (χ0) is 13.2. The van der Waals surface area contributed by atoms with Gasteiger partial charge in [0, 0.05) is 22.9 Å². The SMILES string of the molecule is OBOc1ccc2c(c1)oc1cc(OBO)ccc12. The van der Waals surface area contributed by atoms with Gasteiger partial charge in [0.05, 0.1) is 0 Å². The van der Waals surface area contributed by atoms with Crippen LogP contribution in [-0.2, 0) is 0 Å². The Morgan fingerprint density at radius 1 is 0.789 bits per heavy atom. The number of furan rings is 1. The second-order valence-corrected chi connectivity index (χ2v) is 3.96. The van der Waals surface area contributed by atoms with Crippen LogP contribution in [0.5, 0.6) is 11.5 Å². The van der Waals surface area contributed by atoms with Crippen LogP contribution in [-0.4, -0.2) is 25.4 Å². The van der Waals surface area contributed by atoms with Crippen molar-refractivity contribution in [1.29, 1.82) is 0 Å². The Bertz CT molecular complexity index is 664. The van der Waals surface area contributed by atoms with Crippen LogP contribution in [0.1, 0.15) is 0 Å². The largest absolute Gasteiger partial charge is 0.539 e. The number of hydrogen-bond donors (Lipinski definition) is 2. The smallest absolute Gasteiger partial charge is 0.504 e. The lowest BCUT2D eigenvalue weighted by atomic mass is 10.1. The molecule has 1 heterocycles. The van der Waals surface area contributed by atoms with Crippen LogP contribution in [0.25, 0.3) is 21.9 Å². The van der Waals surface area contributed by atoms with Crippen molar-refractivity contribution < 1.29 is 23.8 Å². The summed E-state index contributed by atoms with van der Waals surface area (Å²) in [7, 11) is -0.750. The molecule has 0 bridgehead atoms. The summed E-state index contributed by atoms with van der Waals surface area (Å²) < 4.78 is 15.7. The predicted molar refractivity (Wildman–Crippen MR) is 73.7 cm³/mol. The van der Waals surface area contributed by atoms with Gasteiger partial charge in [-0.15, -0.1) is 0 Å². The van der Waals surface area contributed by atoms with Crippen molar-refractivity contribution >= 4 is 37.3 Å². The van der Waals surface area contributed by atoms with E-state index in [1.54, 1.807) is 24.3 Å². The van der Waals surface area contributed by atoms with Gasteiger partial charge in [0.2, 0.25) is 0 Å². The Balaban J connectivity index is 2.14. The van der Waals surface area contributed by atoms with E-state index < -0.39 is 0 Å². The molecule has 0 fully saturated rings. The minimum absolute atomic E-state index is 0.375. The molecule has 19 heavy (non-hydrogen) atoms. The van der Waals surface area contributed by atoms with E-state index in [0.717, 1.165) is 10.8 Å². The first kappa shape index (κ1) is 12.0. The Hall–Kier alpha value is -2.11. The summed E-state index contributed by atoms with van der Waals surface area (Å²) in [5.74, 6) is 1.08. The molecule has 0 radical (unpaired) electrons. The van der Waals surface area contributed by atoms with Crippen molar-refractivity contribution in [2.24, 2.45) is 0 Å². The zero-order valence-electron chi connectivity index (χ0n) is 10.00. The Kier molecular flexibility index (Phi) is 3.06. The topological polar surface area (TPSA) is 72.1 Å². The van der Waals surface area contributed by atoms with E-state index >= 15 is 0 Å². The average molecular weight is 256 g/mol. The molecule has 0 spiro atoms. The van der Waals surface area contributed by atoms with Gasteiger partial charge in [-0.1, -0.05) is 0 Å². The van der Waals surface area contributed by atoms with Gasteiger partial charge in [0.1, 0.15) is 22.7 Å². The van der Waals surface area contributed by atoms with Crippen molar-refractivity contribution in [2.45, 2.75) is 0 Å². The van der Waals surface area contributed by atoms with Gasteiger partial charge in [0.25, 0.3) is 0 Å². The van der Waals surface area contributed by atoms with E-state index in [2.05, 4.69) is 0 Å². The zero-order valence-corrected chi connectivity index (χ0v) is 10.00. The maximum atomic E-state index is 8.73. The molecule has 1 aromatic heterocycles. The molecule has 0 saturated carbocycles. The summed E-state index contributed by atoms with van der Waals surface area (Å²) in [5, 5.41) is 19.4. The van der Waals surface area contributed by atoms with E-state index in [1.165, 1.54) is 0 Å². The van der Waals surface area contributed by atoms with E-state index in [1.807, 2.05) is 12.1 Å². The van der Waals surface area contributed by atoms with Crippen LogP contribution in [0.2, 0.25) is 0 Å². The highest BCUT2D eigenvalue weighted by molar-refractivity contribution is 6.18. The number of benzene rings is 2. The normalized spacial score (nSPS) is 10.6. The first-order valence-corrected chi connectivity index (χ1v) is 5.75. The quantitative estimate of drug-likeness (QED) is 0.677.